The highest BCUT2D eigenvalue weighted by Gasteiger charge is 2.32. The van der Waals surface area contributed by atoms with Gasteiger partial charge in [0.2, 0.25) is 5.16 Å². The smallest absolute Gasteiger partial charge is 0.212 e. The van der Waals surface area contributed by atoms with Gasteiger partial charge in [0, 0.05) is 0 Å². The van der Waals surface area contributed by atoms with Crippen molar-refractivity contribution in [3.8, 4) is 11.8 Å². The molecule has 0 bridgehead atoms. The Bertz CT molecular complexity index is 914. The third kappa shape index (κ3) is 2.92. The van der Waals surface area contributed by atoms with Crippen LogP contribution in [0, 0.1) is 11.3 Å². The van der Waals surface area contributed by atoms with Crippen molar-refractivity contribution in [3.63, 3.8) is 0 Å². The van der Waals surface area contributed by atoms with E-state index in [1.807, 2.05) is 41.1 Å². The summed E-state index contributed by atoms with van der Waals surface area (Å²) < 4.78 is 7.23. The Morgan fingerprint density at radius 1 is 1.16 bits per heavy atom. The molecule has 1 atom stereocenters. The Morgan fingerprint density at radius 3 is 2.60 bits per heavy atom. The average molecular weight is 349 g/mol. The molecule has 25 heavy (non-hydrogen) atoms. The lowest BCUT2D eigenvalue weighted by Crippen LogP contribution is -2.31. The summed E-state index contributed by atoms with van der Waals surface area (Å²) in [6, 6.07) is 17.9. The molecule has 6 nitrogen and oxygen atoms in total. The molecule has 0 N–H and O–H groups in total. The first-order valence-corrected chi connectivity index (χ1v) is 8.63. The van der Waals surface area contributed by atoms with Crippen molar-refractivity contribution in [1.29, 1.82) is 5.26 Å². The van der Waals surface area contributed by atoms with Gasteiger partial charge < -0.3 is 4.74 Å². The number of thioether (sulfide) groups is 1. The minimum Gasteiger partial charge on any atom is -0.497 e. The van der Waals surface area contributed by atoms with Crippen LogP contribution in [0.25, 0.3) is 0 Å². The highest BCUT2D eigenvalue weighted by Crippen LogP contribution is 2.43. The van der Waals surface area contributed by atoms with E-state index in [1.165, 1.54) is 5.56 Å². The van der Waals surface area contributed by atoms with Gasteiger partial charge in [0.1, 0.15) is 17.5 Å². The molecular weight excluding hydrogens is 334 g/mol. The van der Waals surface area contributed by atoms with Crippen molar-refractivity contribution in [2.45, 2.75) is 17.1 Å². The number of methoxy groups -OCH3 is 1. The van der Waals surface area contributed by atoms with E-state index in [0.29, 0.717) is 12.1 Å². The van der Waals surface area contributed by atoms with Crippen LogP contribution in [0.5, 0.6) is 5.75 Å². The van der Waals surface area contributed by atoms with Crippen molar-refractivity contribution in [1.82, 2.24) is 14.9 Å². The van der Waals surface area contributed by atoms with Gasteiger partial charge in [-0.15, -0.1) is 10.2 Å². The van der Waals surface area contributed by atoms with Gasteiger partial charge in [-0.1, -0.05) is 36.0 Å². The second-order valence-electron chi connectivity index (χ2n) is 5.61. The largest absolute Gasteiger partial charge is 0.497 e. The first-order chi connectivity index (χ1) is 12.3. The fraction of sp³-hybridized carbons (Fsp3) is 0.167. The van der Waals surface area contributed by atoms with E-state index in [9.17, 15) is 0 Å². The number of hydrogen-bond acceptors (Lipinski definition) is 6. The standard InChI is InChI=1S/C18H15N5OS/c1-24-16-8-6-15(7-9-16)17-22(23-12-20-21-18(23)25-17)11-14-4-2-13(10-19)3-5-14/h2-9,12,17H,11H2,1H3/t17-/m0/s1. The van der Waals surface area contributed by atoms with E-state index in [1.54, 1.807) is 25.2 Å². The van der Waals surface area contributed by atoms with Gasteiger partial charge in [0.25, 0.3) is 0 Å². The van der Waals surface area contributed by atoms with Crippen molar-refractivity contribution in [2.75, 3.05) is 12.1 Å². The van der Waals surface area contributed by atoms with Crippen LogP contribution in [0.15, 0.2) is 60.0 Å². The van der Waals surface area contributed by atoms with Gasteiger partial charge in [-0.05, 0) is 35.4 Å². The van der Waals surface area contributed by atoms with Crippen LogP contribution >= 0.6 is 11.8 Å². The summed E-state index contributed by atoms with van der Waals surface area (Å²) in [5.74, 6) is 0.838. The second-order valence-corrected chi connectivity index (χ2v) is 6.66. The SMILES string of the molecule is COc1ccc([C@@H]2Sc3nncn3N2Cc2ccc(C#N)cc2)cc1. The lowest BCUT2D eigenvalue weighted by atomic mass is 10.1. The van der Waals surface area contributed by atoms with Gasteiger partial charge in [0.15, 0.2) is 0 Å². The van der Waals surface area contributed by atoms with Gasteiger partial charge >= 0.3 is 0 Å². The van der Waals surface area contributed by atoms with E-state index in [0.717, 1.165) is 16.5 Å². The number of nitriles is 1. The third-order valence-corrected chi connectivity index (χ3v) is 5.31. The van der Waals surface area contributed by atoms with Crippen LogP contribution in [0.4, 0.5) is 0 Å². The van der Waals surface area contributed by atoms with E-state index >= 15 is 0 Å². The summed E-state index contributed by atoms with van der Waals surface area (Å²) in [5, 5.41) is 20.3. The van der Waals surface area contributed by atoms with Gasteiger partial charge in [0.05, 0.1) is 25.3 Å². The molecule has 4 rings (SSSR count). The van der Waals surface area contributed by atoms with E-state index in [-0.39, 0.29) is 5.37 Å². The zero-order chi connectivity index (χ0) is 17.2. The van der Waals surface area contributed by atoms with Gasteiger partial charge in [-0.25, -0.2) is 4.68 Å². The molecule has 1 aliphatic rings. The van der Waals surface area contributed by atoms with Crippen LogP contribution in [0.3, 0.4) is 0 Å². The van der Waals surface area contributed by atoms with Crippen molar-refractivity contribution in [3.05, 3.63) is 71.5 Å². The van der Waals surface area contributed by atoms with Crippen LogP contribution in [0.1, 0.15) is 22.1 Å². The van der Waals surface area contributed by atoms with Crippen molar-refractivity contribution in [2.24, 2.45) is 0 Å². The Morgan fingerprint density at radius 2 is 1.92 bits per heavy atom. The molecular formula is C18H15N5OS. The minimum absolute atomic E-state index is 0.104. The van der Waals surface area contributed by atoms with Crippen LogP contribution in [-0.4, -0.2) is 22.0 Å². The zero-order valence-corrected chi connectivity index (χ0v) is 14.3. The molecule has 0 saturated heterocycles. The molecule has 0 fully saturated rings. The molecule has 2 heterocycles. The Kier molecular flexibility index (Phi) is 4.04. The monoisotopic (exact) mass is 349 g/mol. The molecule has 0 unspecified atom stereocenters. The molecule has 0 aliphatic carbocycles. The van der Waals surface area contributed by atoms with Gasteiger partial charge in [-0.3, -0.25) is 5.01 Å². The van der Waals surface area contributed by atoms with Crippen LogP contribution in [0.2, 0.25) is 0 Å². The lowest BCUT2D eigenvalue weighted by molar-refractivity contribution is 0.414. The maximum Gasteiger partial charge on any atom is 0.212 e. The molecule has 2 aromatic carbocycles. The summed E-state index contributed by atoms with van der Waals surface area (Å²) in [5.41, 5.74) is 2.96. The van der Waals surface area contributed by atoms with Gasteiger partial charge in [-0.2, -0.15) is 5.26 Å². The van der Waals surface area contributed by atoms with E-state index < -0.39 is 0 Å². The summed E-state index contributed by atoms with van der Waals surface area (Å²) in [6.45, 7) is 0.695. The quantitative estimate of drug-likeness (QED) is 0.721. The maximum absolute atomic E-state index is 8.95. The predicted molar refractivity (Wildman–Crippen MR) is 94.7 cm³/mol. The Balaban J connectivity index is 1.64. The molecule has 0 amide bonds. The molecule has 0 radical (unpaired) electrons. The highest BCUT2D eigenvalue weighted by molar-refractivity contribution is 7.99. The number of nitrogens with zero attached hydrogens (tertiary/aromatic N) is 5. The summed E-state index contributed by atoms with van der Waals surface area (Å²) in [4.78, 5) is 0. The number of aromatic nitrogens is 3. The molecule has 7 heteroatoms. The number of hydrogen-bond donors (Lipinski definition) is 0. The fourth-order valence-electron chi connectivity index (χ4n) is 2.79. The average Bonchev–Trinajstić information content (AvgIpc) is 3.25. The van der Waals surface area contributed by atoms with Crippen molar-refractivity contribution >= 4 is 11.8 Å². The number of ether oxygens (including phenoxy) is 1. The maximum atomic E-state index is 8.95. The highest BCUT2D eigenvalue weighted by atomic mass is 32.2. The third-order valence-electron chi connectivity index (χ3n) is 4.09. The number of fused-ring (bicyclic) bond motifs is 1. The van der Waals surface area contributed by atoms with E-state index in [2.05, 4.69) is 33.4 Å². The lowest BCUT2D eigenvalue weighted by Gasteiger charge is -2.27. The summed E-state index contributed by atoms with van der Waals surface area (Å²) in [6.07, 6.45) is 1.73. The molecule has 1 aliphatic heterocycles. The number of rotatable bonds is 4. The Hall–Kier alpha value is -2.98. The van der Waals surface area contributed by atoms with Crippen LogP contribution < -0.4 is 9.75 Å². The molecule has 3 aromatic rings. The van der Waals surface area contributed by atoms with Crippen LogP contribution in [-0.2, 0) is 6.54 Å². The molecule has 0 spiro atoms. The topological polar surface area (TPSA) is 67.0 Å². The first-order valence-electron chi connectivity index (χ1n) is 7.75. The summed E-state index contributed by atoms with van der Waals surface area (Å²) in [7, 11) is 1.66. The molecule has 1 aromatic heterocycles. The number of benzene rings is 2. The molecule has 0 saturated carbocycles. The first kappa shape index (κ1) is 15.5. The molecule has 124 valence electrons. The fourth-order valence-corrected chi connectivity index (χ4v) is 3.93. The van der Waals surface area contributed by atoms with Crippen molar-refractivity contribution < 1.29 is 4.74 Å². The summed E-state index contributed by atoms with van der Waals surface area (Å²) >= 11 is 1.67. The minimum atomic E-state index is 0.104. The van der Waals surface area contributed by atoms with E-state index in [4.69, 9.17) is 10.00 Å². The predicted octanol–water partition coefficient (Wildman–Crippen LogP) is 3.10. The Labute approximate surface area is 149 Å². The normalized spacial score (nSPS) is 15.7. The second kappa shape index (κ2) is 6.49. The zero-order valence-electron chi connectivity index (χ0n) is 13.5.